The third kappa shape index (κ3) is 2.50. The largest absolute Gasteiger partial charge is 0.327 e. The molecule has 0 saturated carbocycles. The fourth-order valence-electron chi connectivity index (χ4n) is 2.33. The van der Waals surface area contributed by atoms with Crippen LogP contribution in [0, 0.1) is 13.8 Å². The number of urea groups is 1. The van der Waals surface area contributed by atoms with Crippen LogP contribution < -0.4 is 0 Å². The third-order valence-corrected chi connectivity index (χ3v) is 4.98. The maximum absolute atomic E-state index is 12.2. The predicted octanol–water partition coefficient (Wildman–Crippen LogP) is 3.01. The lowest BCUT2D eigenvalue weighted by Crippen LogP contribution is -2.44. The Balaban J connectivity index is 2.10. The molecule has 1 aromatic rings. The second-order valence-electron chi connectivity index (χ2n) is 4.75. The van der Waals surface area contributed by atoms with Gasteiger partial charge in [0.15, 0.2) is 0 Å². The molecule has 0 atom stereocenters. The normalized spacial score (nSPS) is 14.6. The summed E-state index contributed by atoms with van der Waals surface area (Å²) in [6.45, 7) is 6.51. The van der Waals surface area contributed by atoms with Gasteiger partial charge in [-0.05, 0) is 31.4 Å². The summed E-state index contributed by atoms with van der Waals surface area (Å²) in [6.07, 6.45) is 0.978. The molecule has 0 N–H and O–H groups in total. The molecule has 1 aliphatic heterocycles. The van der Waals surface area contributed by atoms with Crippen molar-refractivity contribution in [3.05, 3.63) is 20.9 Å². The Labute approximate surface area is 117 Å². The smallest absolute Gasteiger partial charge is 0.320 e. The molecule has 3 nitrogen and oxygen atoms in total. The number of aryl methyl sites for hydroxylation is 1. The molecular weight excluding hydrogens is 268 g/mol. The molecule has 2 amide bonds. The zero-order chi connectivity index (χ0) is 13.3. The molecule has 0 spiro atoms. The molecule has 0 radical (unpaired) electrons. The number of fused-ring (bicyclic) bond motifs is 1. The number of amides is 2. The molecule has 1 aromatic heterocycles. The van der Waals surface area contributed by atoms with Crippen molar-refractivity contribution in [2.75, 3.05) is 26.0 Å². The summed E-state index contributed by atoms with van der Waals surface area (Å²) in [7, 11) is 1.81. The van der Waals surface area contributed by atoms with Crippen molar-refractivity contribution >= 4 is 29.0 Å². The highest BCUT2D eigenvalue weighted by molar-refractivity contribution is 7.12. The Bertz CT molecular complexity index is 458. The summed E-state index contributed by atoms with van der Waals surface area (Å²) in [5, 5.41) is 0. The maximum atomic E-state index is 12.2. The Morgan fingerprint density at radius 2 is 2.22 bits per heavy atom. The first-order valence-corrected chi connectivity index (χ1v) is 7.53. The van der Waals surface area contributed by atoms with Crippen LogP contribution in [0.1, 0.15) is 20.9 Å². The minimum Gasteiger partial charge on any atom is -0.327 e. The number of carbonyl (C=O) groups is 1. The van der Waals surface area contributed by atoms with E-state index in [1.54, 1.807) is 4.90 Å². The van der Waals surface area contributed by atoms with E-state index < -0.39 is 0 Å². The van der Waals surface area contributed by atoms with Crippen LogP contribution in [0.2, 0.25) is 0 Å². The van der Waals surface area contributed by atoms with E-state index in [-0.39, 0.29) is 6.03 Å². The van der Waals surface area contributed by atoms with Gasteiger partial charge in [0.05, 0.1) is 6.54 Å². The third-order valence-electron chi connectivity index (χ3n) is 3.58. The minimum atomic E-state index is 0.0880. The Kier molecular flexibility index (Phi) is 4.17. The molecule has 0 unspecified atom stereocenters. The van der Waals surface area contributed by atoms with Crippen LogP contribution >= 0.6 is 22.9 Å². The number of carbonyl (C=O) groups excluding carboxylic acids is 1. The Hall–Kier alpha value is -0.740. The zero-order valence-electron chi connectivity index (χ0n) is 11.1. The van der Waals surface area contributed by atoms with Crippen molar-refractivity contribution in [3.63, 3.8) is 0 Å². The summed E-state index contributed by atoms with van der Waals surface area (Å²) < 4.78 is 0. The van der Waals surface area contributed by atoms with Crippen LogP contribution in [0.4, 0.5) is 4.79 Å². The van der Waals surface area contributed by atoms with Crippen LogP contribution in [0.5, 0.6) is 0 Å². The molecule has 1 aliphatic rings. The lowest BCUT2D eigenvalue weighted by molar-refractivity contribution is 0.160. The monoisotopic (exact) mass is 286 g/mol. The Morgan fingerprint density at radius 1 is 1.50 bits per heavy atom. The molecule has 100 valence electrons. The number of hydrogen-bond donors (Lipinski definition) is 0. The highest BCUT2D eigenvalue weighted by Crippen LogP contribution is 2.32. The van der Waals surface area contributed by atoms with Crippen molar-refractivity contribution in [3.8, 4) is 0 Å². The minimum absolute atomic E-state index is 0.0880. The van der Waals surface area contributed by atoms with E-state index >= 15 is 0 Å². The molecule has 5 heteroatoms. The summed E-state index contributed by atoms with van der Waals surface area (Å²) in [4.78, 5) is 18.5. The van der Waals surface area contributed by atoms with Gasteiger partial charge in [0.1, 0.15) is 0 Å². The fraction of sp³-hybridized carbons (Fsp3) is 0.615. The summed E-state index contributed by atoms with van der Waals surface area (Å²) in [5.41, 5.74) is 2.87. The predicted molar refractivity (Wildman–Crippen MR) is 76.7 cm³/mol. The van der Waals surface area contributed by atoms with Gasteiger partial charge in [0.2, 0.25) is 0 Å². The van der Waals surface area contributed by atoms with Crippen molar-refractivity contribution in [2.45, 2.75) is 26.8 Å². The molecular formula is C13H19ClN2OS. The quantitative estimate of drug-likeness (QED) is 0.767. The highest BCUT2D eigenvalue weighted by Gasteiger charge is 2.25. The van der Waals surface area contributed by atoms with Crippen LogP contribution in [0.25, 0.3) is 0 Å². The number of hydrogen-bond acceptors (Lipinski definition) is 2. The Morgan fingerprint density at radius 3 is 2.89 bits per heavy atom. The summed E-state index contributed by atoms with van der Waals surface area (Å²) in [5.74, 6) is 0.485. The average Bonchev–Trinajstić information content (AvgIpc) is 2.64. The van der Waals surface area contributed by atoms with Gasteiger partial charge in [0, 0.05) is 35.8 Å². The van der Waals surface area contributed by atoms with Gasteiger partial charge in [0.25, 0.3) is 0 Å². The van der Waals surface area contributed by atoms with E-state index in [0.29, 0.717) is 12.4 Å². The second-order valence-corrected chi connectivity index (χ2v) is 6.44. The second kappa shape index (κ2) is 5.49. The van der Waals surface area contributed by atoms with Crippen molar-refractivity contribution in [2.24, 2.45) is 0 Å². The molecule has 0 saturated heterocycles. The number of halogens is 1. The standard InChI is InChI=1S/C13H19ClN2OS/c1-9-10(2)18-12-8-16(6-4-11(9)12)13(17)15(3)7-5-14/h4-8H2,1-3H3. The zero-order valence-corrected chi connectivity index (χ0v) is 12.7. The molecule has 0 bridgehead atoms. The number of alkyl halides is 1. The van der Waals surface area contributed by atoms with Gasteiger partial charge >= 0.3 is 6.03 Å². The van der Waals surface area contributed by atoms with E-state index in [1.807, 2.05) is 23.3 Å². The lowest BCUT2D eigenvalue weighted by atomic mass is 10.0. The van der Waals surface area contributed by atoms with Crippen LogP contribution in [0.15, 0.2) is 0 Å². The first-order valence-electron chi connectivity index (χ1n) is 6.18. The first kappa shape index (κ1) is 13.7. The number of rotatable bonds is 2. The van der Waals surface area contributed by atoms with E-state index in [0.717, 1.165) is 19.5 Å². The molecule has 0 aromatic carbocycles. The van der Waals surface area contributed by atoms with Gasteiger partial charge in [-0.1, -0.05) is 0 Å². The van der Waals surface area contributed by atoms with Gasteiger partial charge in [-0.25, -0.2) is 4.79 Å². The van der Waals surface area contributed by atoms with Gasteiger partial charge in [-0.15, -0.1) is 22.9 Å². The highest BCUT2D eigenvalue weighted by atomic mass is 35.5. The van der Waals surface area contributed by atoms with E-state index in [4.69, 9.17) is 11.6 Å². The van der Waals surface area contributed by atoms with E-state index in [2.05, 4.69) is 13.8 Å². The fourth-order valence-corrected chi connectivity index (χ4v) is 3.82. The van der Waals surface area contributed by atoms with Gasteiger partial charge < -0.3 is 9.80 Å². The van der Waals surface area contributed by atoms with Gasteiger partial charge in [-0.3, -0.25) is 0 Å². The van der Waals surface area contributed by atoms with Crippen molar-refractivity contribution in [1.82, 2.24) is 9.80 Å². The maximum Gasteiger partial charge on any atom is 0.320 e. The topological polar surface area (TPSA) is 23.6 Å². The van der Waals surface area contributed by atoms with E-state index in [1.165, 1.54) is 20.9 Å². The van der Waals surface area contributed by atoms with E-state index in [9.17, 15) is 4.79 Å². The average molecular weight is 287 g/mol. The van der Waals surface area contributed by atoms with Crippen LogP contribution in [-0.4, -0.2) is 41.8 Å². The van der Waals surface area contributed by atoms with Gasteiger partial charge in [-0.2, -0.15) is 0 Å². The number of nitrogens with zero attached hydrogens (tertiary/aromatic N) is 2. The molecule has 0 aliphatic carbocycles. The number of thiophene rings is 1. The van der Waals surface area contributed by atoms with Crippen LogP contribution in [-0.2, 0) is 13.0 Å². The lowest BCUT2D eigenvalue weighted by Gasteiger charge is -2.31. The molecule has 2 heterocycles. The molecule has 0 fully saturated rings. The molecule has 2 rings (SSSR count). The first-order chi connectivity index (χ1) is 8.54. The van der Waals surface area contributed by atoms with Crippen molar-refractivity contribution < 1.29 is 4.79 Å². The summed E-state index contributed by atoms with van der Waals surface area (Å²) >= 11 is 7.50. The van der Waals surface area contributed by atoms with Crippen molar-refractivity contribution in [1.29, 1.82) is 0 Å². The molecule has 18 heavy (non-hydrogen) atoms. The SMILES string of the molecule is Cc1sc2c(c1C)CCN(C(=O)N(C)CCCl)C2. The van der Waals surface area contributed by atoms with Crippen LogP contribution in [0.3, 0.4) is 0 Å². The summed E-state index contributed by atoms with van der Waals surface area (Å²) in [6, 6.07) is 0.0880.